The largest absolute Gasteiger partial charge is 3.00 e. The van der Waals surface area contributed by atoms with Crippen molar-refractivity contribution in [3.8, 4) is 11.5 Å². The van der Waals surface area contributed by atoms with E-state index in [0.717, 1.165) is 11.5 Å². The van der Waals surface area contributed by atoms with Gasteiger partial charge in [0.25, 0.3) is 0 Å². The van der Waals surface area contributed by atoms with Gasteiger partial charge in [0.15, 0.2) is 0 Å². The van der Waals surface area contributed by atoms with Crippen LogP contribution in [0.1, 0.15) is 41.5 Å². The summed E-state index contributed by atoms with van der Waals surface area (Å²) in [6, 6.07) is 33.4. The average molecular weight is 500 g/mol. The van der Waals surface area contributed by atoms with Crippen LogP contribution in [0.3, 0.4) is 0 Å². The molecular formula is C27H32F3MnO2. The minimum atomic E-state index is -3.67. The van der Waals surface area contributed by atoms with E-state index >= 15 is 0 Å². The van der Waals surface area contributed by atoms with E-state index in [1.165, 1.54) is 0 Å². The predicted molar refractivity (Wildman–Crippen MR) is 124 cm³/mol. The molecule has 3 rings (SSSR count). The fourth-order valence-corrected chi connectivity index (χ4v) is 1.93. The fraction of sp³-hybridized carbons (Fsp3) is 0.333. The molecule has 0 aromatic heterocycles. The smallest absolute Gasteiger partial charge is 0.514 e. The van der Waals surface area contributed by atoms with Crippen molar-refractivity contribution in [2.75, 3.05) is 0 Å². The van der Waals surface area contributed by atoms with Crippen LogP contribution in [0.2, 0.25) is 0 Å². The Labute approximate surface area is 207 Å². The van der Waals surface area contributed by atoms with Crippen molar-refractivity contribution in [3.05, 3.63) is 97.1 Å². The molecule has 0 bridgehead atoms. The maximum Gasteiger partial charge on any atom is 3.00 e. The molecule has 3 aromatic rings. The first kappa shape index (κ1) is 32.7. The Morgan fingerprint density at radius 2 is 0.848 bits per heavy atom. The van der Waals surface area contributed by atoms with Crippen LogP contribution in [0.15, 0.2) is 78.9 Å². The first-order chi connectivity index (χ1) is 14.9. The third-order valence-electron chi connectivity index (χ3n) is 2.83. The van der Waals surface area contributed by atoms with Crippen molar-refractivity contribution in [2.24, 2.45) is 0 Å². The SMILES string of the molecule is CC(C)(C)Oc1cc[c-]cc1.CC(C)(C)Oc1cc[c-]cc1.FC(F)F.[Mn+3].[c-]1ccccc1. The number of hydrogen-bond donors (Lipinski definition) is 0. The van der Waals surface area contributed by atoms with Gasteiger partial charge in [0.2, 0.25) is 0 Å². The van der Waals surface area contributed by atoms with Gasteiger partial charge in [-0.1, -0.05) is 0 Å². The van der Waals surface area contributed by atoms with Gasteiger partial charge in [-0.2, -0.15) is 86.0 Å². The molecule has 33 heavy (non-hydrogen) atoms. The molecule has 6 heteroatoms. The maximum atomic E-state index is 9.67. The maximum absolute atomic E-state index is 9.67. The molecule has 0 fully saturated rings. The van der Waals surface area contributed by atoms with Crippen LogP contribution >= 0.6 is 0 Å². The van der Waals surface area contributed by atoms with Crippen molar-refractivity contribution in [1.82, 2.24) is 0 Å². The van der Waals surface area contributed by atoms with Crippen LogP contribution in [0, 0.1) is 18.2 Å². The Morgan fingerprint density at radius 3 is 1.03 bits per heavy atom. The summed E-state index contributed by atoms with van der Waals surface area (Å²) in [5, 5.41) is 0. The standard InChI is InChI=1S/2C10H13O.C6H5.CHF3.Mn/c2*1-10(2,3)11-9-7-5-4-6-8-9;1-2-4-6-5-3-1;2-1(3)4;/h2*5-8H,1-3H3;1-5H;1H;/q3*-1;;+3. The van der Waals surface area contributed by atoms with Gasteiger partial charge in [-0.3, -0.25) is 0 Å². The van der Waals surface area contributed by atoms with Gasteiger partial charge in [0, 0.05) is 11.5 Å². The van der Waals surface area contributed by atoms with Gasteiger partial charge < -0.3 is 9.47 Å². The van der Waals surface area contributed by atoms with Crippen LogP contribution in [0.4, 0.5) is 13.2 Å². The molecule has 0 atom stereocenters. The Kier molecular flexibility index (Phi) is 17.9. The number of halogens is 3. The third kappa shape index (κ3) is 25.7. The third-order valence-corrected chi connectivity index (χ3v) is 2.83. The normalized spacial score (nSPS) is 10.0. The molecule has 0 unspecified atom stereocenters. The molecule has 0 aliphatic carbocycles. The van der Waals surface area contributed by atoms with Gasteiger partial charge >= 0.3 is 23.7 Å². The Morgan fingerprint density at radius 1 is 0.576 bits per heavy atom. The summed E-state index contributed by atoms with van der Waals surface area (Å²) in [7, 11) is 0. The quantitative estimate of drug-likeness (QED) is 0.262. The van der Waals surface area contributed by atoms with Crippen LogP contribution in [0.25, 0.3) is 0 Å². The van der Waals surface area contributed by atoms with E-state index in [-0.39, 0.29) is 28.3 Å². The Bertz CT molecular complexity index is 707. The molecule has 3 aromatic carbocycles. The molecule has 0 aliphatic heterocycles. The van der Waals surface area contributed by atoms with E-state index in [0.29, 0.717) is 0 Å². The Balaban J connectivity index is 0. The number of hydrogen-bond acceptors (Lipinski definition) is 2. The summed E-state index contributed by atoms with van der Waals surface area (Å²) < 4.78 is 40.2. The van der Waals surface area contributed by atoms with E-state index in [1.54, 1.807) is 0 Å². The predicted octanol–water partition coefficient (Wildman–Crippen LogP) is 7.99. The van der Waals surface area contributed by atoms with Crippen LogP contribution in [-0.2, 0) is 17.1 Å². The first-order valence-corrected chi connectivity index (χ1v) is 10.0. The van der Waals surface area contributed by atoms with Crippen molar-refractivity contribution in [1.29, 1.82) is 0 Å². The molecule has 2 nitrogen and oxygen atoms in total. The molecular weight excluding hydrogens is 468 g/mol. The molecule has 0 N–H and O–H groups in total. The van der Waals surface area contributed by atoms with Gasteiger partial charge in [0.05, 0.1) is 11.2 Å². The van der Waals surface area contributed by atoms with E-state index in [9.17, 15) is 13.2 Å². The van der Waals surface area contributed by atoms with Gasteiger partial charge in [0.1, 0.15) is 0 Å². The second-order valence-corrected chi connectivity index (χ2v) is 8.23. The molecule has 0 heterocycles. The first-order valence-electron chi connectivity index (χ1n) is 10.0. The number of benzene rings is 3. The van der Waals surface area contributed by atoms with Gasteiger partial charge in [-0.25, -0.2) is 0 Å². The summed E-state index contributed by atoms with van der Waals surface area (Å²) in [6.07, 6.45) is 0. The van der Waals surface area contributed by atoms with Crippen molar-refractivity contribution in [3.63, 3.8) is 0 Å². The minimum absolute atomic E-state index is 0. The van der Waals surface area contributed by atoms with Crippen LogP contribution < -0.4 is 9.47 Å². The average Bonchev–Trinajstić information content (AvgIpc) is 2.69. The Hall–Kier alpha value is -2.43. The van der Waals surface area contributed by atoms with E-state index in [2.05, 4.69) is 18.2 Å². The fourth-order valence-electron chi connectivity index (χ4n) is 1.93. The summed E-state index contributed by atoms with van der Waals surface area (Å²) in [5.74, 6) is 1.80. The summed E-state index contributed by atoms with van der Waals surface area (Å²) >= 11 is 0. The summed E-state index contributed by atoms with van der Waals surface area (Å²) in [5.41, 5.74) is -0.220. The van der Waals surface area contributed by atoms with Crippen molar-refractivity contribution in [2.45, 2.75) is 59.4 Å². The molecule has 0 saturated heterocycles. The monoisotopic (exact) mass is 500 g/mol. The minimum Gasteiger partial charge on any atom is -0.514 e. The molecule has 0 spiro atoms. The van der Waals surface area contributed by atoms with E-state index < -0.39 is 6.68 Å². The van der Waals surface area contributed by atoms with Gasteiger partial charge in [-0.05, 0) is 41.5 Å². The van der Waals surface area contributed by atoms with E-state index in [1.807, 2.05) is 120 Å². The second-order valence-electron chi connectivity index (χ2n) is 8.23. The molecule has 0 aliphatic rings. The number of alkyl halides is 3. The van der Waals surface area contributed by atoms with E-state index in [4.69, 9.17) is 9.47 Å². The summed E-state index contributed by atoms with van der Waals surface area (Å²) in [4.78, 5) is 0. The van der Waals surface area contributed by atoms with Crippen LogP contribution in [-0.4, -0.2) is 17.9 Å². The molecule has 0 radical (unpaired) electrons. The zero-order valence-electron chi connectivity index (χ0n) is 19.9. The summed E-state index contributed by atoms with van der Waals surface area (Å²) in [6.45, 7) is 8.52. The molecule has 180 valence electrons. The van der Waals surface area contributed by atoms with Crippen molar-refractivity contribution < 1.29 is 39.7 Å². The number of rotatable bonds is 2. The van der Waals surface area contributed by atoms with Crippen molar-refractivity contribution >= 4 is 0 Å². The topological polar surface area (TPSA) is 18.5 Å². The number of ether oxygens (including phenoxy) is 2. The molecule has 0 saturated carbocycles. The van der Waals surface area contributed by atoms with Crippen LogP contribution in [0.5, 0.6) is 11.5 Å². The second kappa shape index (κ2) is 18.0. The zero-order valence-corrected chi connectivity index (χ0v) is 21.1. The van der Waals surface area contributed by atoms with Gasteiger partial charge in [-0.15, -0.1) is 24.3 Å². The molecule has 0 amide bonds. The zero-order chi connectivity index (χ0) is 24.5.